The summed E-state index contributed by atoms with van der Waals surface area (Å²) in [5.74, 6) is 0.189. The predicted molar refractivity (Wildman–Crippen MR) is 105 cm³/mol. The van der Waals surface area contributed by atoms with Crippen LogP contribution in [0.2, 0.25) is 0 Å². The van der Waals surface area contributed by atoms with Crippen molar-refractivity contribution < 1.29 is 14.4 Å². The van der Waals surface area contributed by atoms with Crippen LogP contribution in [0.1, 0.15) is 66.3 Å². The van der Waals surface area contributed by atoms with Crippen molar-refractivity contribution in [3.63, 3.8) is 0 Å². The highest BCUT2D eigenvalue weighted by Gasteiger charge is 2.32. The van der Waals surface area contributed by atoms with Gasteiger partial charge in [-0.15, -0.1) is 0 Å². The van der Waals surface area contributed by atoms with Gasteiger partial charge in [-0.2, -0.15) is 0 Å². The molecule has 3 heterocycles. The zero-order valence-corrected chi connectivity index (χ0v) is 17.2. The number of rotatable bonds is 5. The third kappa shape index (κ3) is 4.05. The van der Waals surface area contributed by atoms with E-state index >= 15 is 0 Å². The van der Waals surface area contributed by atoms with Crippen molar-refractivity contribution in [2.75, 3.05) is 39.8 Å². The highest BCUT2D eigenvalue weighted by atomic mass is 16.2. The Labute approximate surface area is 166 Å². The molecule has 28 heavy (non-hydrogen) atoms. The minimum atomic E-state index is -0.121. The average Bonchev–Trinajstić information content (AvgIpc) is 3.10. The van der Waals surface area contributed by atoms with Gasteiger partial charge < -0.3 is 19.3 Å². The Balaban J connectivity index is 1.82. The van der Waals surface area contributed by atoms with Crippen molar-refractivity contribution in [1.29, 1.82) is 0 Å². The van der Waals surface area contributed by atoms with Crippen molar-refractivity contribution in [1.82, 2.24) is 24.3 Å². The number of nitrogens with zero attached hydrogens (tertiary/aromatic N) is 5. The topological polar surface area (TPSA) is 78.8 Å². The highest BCUT2D eigenvalue weighted by molar-refractivity contribution is 5.97. The highest BCUT2D eigenvalue weighted by Crippen LogP contribution is 2.23. The first kappa shape index (κ1) is 20.4. The standard InChI is InChI=1S/C20H31N5O3/c1-4-5-9-22(3)20(28)18-21-17(16-8-6-7-10-25(16)18)19(27)24-13-11-23(12-14-24)15(2)26/h4-14H2,1-3H3. The fourth-order valence-corrected chi connectivity index (χ4v) is 3.92. The van der Waals surface area contributed by atoms with Gasteiger partial charge in [0.15, 0.2) is 5.82 Å². The third-order valence-electron chi connectivity index (χ3n) is 5.72. The van der Waals surface area contributed by atoms with E-state index < -0.39 is 0 Å². The molecule has 0 radical (unpaired) electrons. The fraction of sp³-hybridized carbons (Fsp3) is 0.700. The van der Waals surface area contributed by atoms with Gasteiger partial charge in [0.1, 0.15) is 5.69 Å². The molecule has 1 aromatic heterocycles. The van der Waals surface area contributed by atoms with Crippen LogP contribution in [0.3, 0.4) is 0 Å². The molecule has 0 aliphatic carbocycles. The zero-order chi connectivity index (χ0) is 20.3. The van der Waals surface area contributed by atoms with Crippen LogP contribution in [0.4, 0.5) is 0 Å². The molecule has 0 N–H and O–H groups in total. The van der Waals surface area contributed by atoms with Crippen LogP contribution in [0.15, 0.2) is 0 Å². The smallest absolute Gasteiger partial charge is 0.289 e. The zero-order valence-electron chi connectivity index (χ0n) is 17.2. The molecule has 2 aliphatic rings. The molecule has 8 heteroatoms. The summed E-state index contributed by atoms with van der Waals surface area (Å²) in [7, 11) is 1.80. The van der Waals surface area contributed by atoms with Crippen molar-refractivity contribution >= 4 is 17.7 Å². The Morgan fingerprint density at radius 3 is 2.36 bits per heavy atom. The summed E-state index contributed by atoms with van der Waals surface area (Å²) in [5, 5.41) is 0. The van der Waals surface area contributed by atoms with E-state index in [0.29, 0.717) is 44.2 Å². The van der Waals surface area contributed by atoms with Gasteiger partial charge in [0.05, 0.1) is 5.69 Å². The molecular formula is C20H31N5O3. The van der Waals surface area contributed by atoms with E-state index in [-0.39, 0.29) is 17.7 Å². The maximum atomic E-state index is 13.1. The number of hydrogen-bond acceptors (Lipinski definition) is 4. The van der Waals surface area contributed by atoms with Crippen molar-refractivity contribution in [3.8, 4) is 0 Å². The molecule has 1 fully saturated rings. The van der Waals surface area contributed by atoms with Gasteiger partial charge >= 0.3 is 0 Å². The number of imidazole rings is 1. The Kier molecular flexibility index (Phi) is 6.36. The van der Waals surface area contributed by atoms with E-state index in [2.05, 4.69) is 11.9 Å². The lowest BCUT2D eigenvalue weighted by atomic mass is 10.1. The Bertz CT molecular complexity index is 749. The van der Waals surface area contributed by atoms with Gasteiger partial charge in [-0.25, -0.2) is 4.98 Å². The first-order valence-electron chi connectivity index (χ1n) is 10.3. The Morgan fingerprint density at radius 1 is 1.04 bits per heavy atom. The van der Waals surface area contributed by atoms with Gasteiger partial charge in [0, 0.05) is 53.2 Å². The fourth-order valence-electron chi connectivity index (χ4n) is 3.92. The lowest BCUT2D eigenvalue weighted by molar-refractivity contribution is -0.130. The van der Waals surface area contributed by atoms with E-state index in [4.69, 9.17) is 0 Å². The quantitative estimate of drug-likeness (QED) is 0.762. The second-order valence-corrected chi connectivity index (χ2v) is 7.72. The molecule has 3 amide bonds. The molecule has 2 aliphatic heterocycles. The van der Waals surface area contributed by atoms with E-state index in [9.17, 15) is 14.4 Å². The van der Waals surface area contributed by atoms with Crippen molar-refractivity contribution in [3.05, 3.63) is 17.2 Å². The molecule has 0 saturated carbocycles. The lowest BCUT2D eigenvalue weighted by Gasteiger charge is -2.34. The molecular weight excluding hydrogens is 358 g/mol. The Hall–Kier alpha value is -2.38. The van der Waals surface area contributed by atoms with E-state index in [1.807, 2.05) is 4.57 Å². The van der Waals surface area contributed by atoms with Crippen LogP contribution in [0.5, 0.6) is 0 Å². The Morgan fingerprint density at radius 2 is 1.71 bits per heavy atom. The third-order valence-corrected chi connectivity index (χ3v) is 5.72. The summed E-state index contributed by atoms with van der Waals surface area (Å²) < 4.78 is 1.95. The van der Waals surface area contributed by atoms with E-state index in [1.165, 1.54) is 0 Å². The van der Waals surface area contributed by atoms with E-state index in [0.717, 1.165) is 44.3 Å². The summed E-state index contributed by atoms with van der Waals surface area (Å²) in [4.78, 5) is 47.4. The number of amides is 3. The van der Waals surface area contributed by atoms with Gasteiger partial charge in [0.25, 0.3) is 11.8 Å². The summed E-state index contributed by atoms with van der Waals surface area (Å²) in [6.45, 7) is 7.17. The molecule has 0 unspecified atom stereocenters. The first-order valence-corrected chi connectivity index (χ1v) is 10.3. The SMILES string of the molecule is CCCCN(C)C(=O)c1nc(C(=O)N2CCN(C(C)=O)CC2)c2n1CCCC2. The van der Waals surface area contributed by atoms with Crippen molar-refractivity contribution in [2.45, 2.75) is 52.5 Å². The first-order chi connectivity index (χ1) is 13.4. The minimum Gasteiger partial charge on any atom is -0.339 e. The van der Waals surface area contributed by atoms with Crippen LogP contribution in [-0.4, -0.2) is 81.7 Å². The van der Waals surface area contributed by atoms with Crippen LogP contribution in [-0.2, 0) is 17.8 Å². The van der Waals surface area contributed by atoms with Crippen LogP contribution in [0.25, 0.3) is 0 Å². The van der Waals surface area contributed by atoms with Gasteiger partial charge in [-0.3, -0.25) is 14.4 Å². The number of unbranched alkanes of at least 4 members (excludes halogenated alkanes) is 1. The maximum absolute atomic E-state index is 13.1. The lowest BCUT2D eigenvalue weighted by Crippen LogP contribution is -2.50. The van der Waals surface area contributed by atoms with Crippen molar-refractivity contribution in [2.24, 2.45) is 0 Å². The summed E-state index contributed by atoms with van der Waals surface area (Å²) in [5.41, 5.74) is 1.31. The average molecular weight is 390 g/mol. The summed E-state index contributed by atoms with van der Waals surface area (Å²) in [6.07, 6.45) is 4.74. The molecule has 0 bridgehead atoms. The van der Waals surface area contributed by atoms with Crippen LogP contribution in [0, 0.1) is 0 Å². The number of fused-ring (bicyclic) bond motifs is 1. The monoisotopic (exact) mass is 389 g/mol. The second kappa shape index (κ2) is 8.75. The minimum absolute atomic E-state index is 0.0365. The number of aromatic nitrogens is 2. The van der Waals surface area contributed by atoms with Crippen LogP contribution < -0.4 is 0 Å². The largest absolute Gasteiger partial charge is 0.339 e. The molecule has 0 spiro atoms. The predicted octanol–water partition coefficient (Wildman–Crippen LogP) is 1.40. The number of hydrogen-bond donors (Lipinski definition) is 0. The molecule has 0 atom stereocenters. The molecule has 0 aromatic carbocycles. The normalized spacial score (nSPS) is 16.7. The number of carbonyl (C=O) groups is 3. The molecule has 154 valence electrons. The molecule has 1 aromatic rings. The van der Waals surface area contributed by atoms with Crippen LogP contribution >= 0.6 is 0 Å². The summed E-state index contributed by atoms with van der Waals surface area (Å²) >= 11 is 0. The maximum Gasteiger partial charge on any atom is 0.289 e. The number of carbonyl (C=O) groups excluding carboxylic acids is 3. The second-order valence-electron chi connectivity index (χ2n) is 7.72. The molecule has 1 saturated heterocycles. The van der Waals surface area contributed by atoms with Gasteiger partial charge in [-0.05, 0) is 25.7 Å². The number of piperazine rings is 1. The molecule has 3 rings (SSSR count). The van der Waals surface area contributed by atoms with Gasteiger partial charge in [0.2, 0.25) is 5.91 Å². The molecule has 8 nitrogen and oxygen atoms in total. The summed E-state index contributed by atoms with van der Waals surface area (Å²) in [6, 6.07) is 0. The van der Waals surface area contributed by atoms with E-state index in [1.54, 1.807) is 28.7 Å². The van der Waals surface area contributed by atoms with Gasteiger partial charge in [-0.1, -0.05) is 13.3 Å².